The van der Waals surface area contributed by atoms with Gasteiger partial charge in [-0.2, -0.15) is 0 Å². The molecule has 2 N–H and O–H groups in total. The van der Waals surface area contributed by atoms with Crippen molar-refractivity contribution in [1.82, 2.24) is 15.2 Å². The molecule has 2 atom stereocenters. The number of aromatic nitrogens is 1. The van der Waals surface area contributed by atoms with Crippen LogP contribution in [0.4, 0.5) is 0 Å². The van der Waals surface area contributed by atoms with Crippen LogP contribution in [0.2, 0.25) is 0 Å². The second-order valence-electron chi connectivity index (χ2n) is 7.74. The lowest BCUT2D eigenvalue weighted by atomic mass is 10.00. The van der Waals surface area contributed by atoms with E-state index in [1.54, 1.807) is 13.1 Å². The molecule has 6 nitrogen and oxygen atoms in total. The molecule has 0 radical (unpaired) electrons. The van der Waals surface area contributed by atoms with Crippen molar-refractivity contribution in [3.05, 3.63) is 71.9 Å². The summed E-state index contributed by atoms with van der Waals surface area (Å²) in [6.45, 7) is 4.16. The first kappa shape index (κ1) is 20.3. The molecule has 0 aliphatic carbocycles. The van der Waals surface area contributed by atoms with Gasteiger partial charge in [0.15, 0.2) is 6.10 Å². The van der Waals surface area contributed by atoms with Crippen molar-refractivity contribution in [3.63, 3.8) is 0 Å². The van der Waals surface area contributed by atoms with Gasteiger partial charge in [-0.15, -0.1) is 0 Å². The van der Waals surface area contributed by atoms with Crippen molar-refractivity contribution in [1.29, 1.82) is 0 Å². The summed E-state index contributed by atoms with van der Waals surface area (Å²) in [4.78, 5) is 19.0. The number of rotatable bonds is 7. The number of ether oxygens (including phenoxy) is 1. The monoisotopic (exact) mass is 405 g/mol. The van der Waals surface area contributed by atoms with Crippen LogP contribution in [0.15, 0.2) is 60.8 Å². The molecule has 1 amide bonds. The minimum absolute atomic E-state index is 0.193. The summed E-state index contributed by atoms with van der Waals surface area (Å²) in [6.07, 6.45) is 1.37. The van der Waals surface area contributed by atoms with Crippen molar-refractivity contribution < 1.29 is 14.6 Å². The molecular formula is C24H27N3O3. The van der Waals surface area contributed by atoms with Crippen LogP contribution in [0.25, 0.3) is 10.9 Å². The number of carbonyl (C=O) groups excluding carboxylic acids is 1. The highest BCUT2D eigenvalue weighted by Crippen LogP contribution is 2.24. The minimum Gasteiger partial charge on any atom is -0.479 e. The molecular weight excluding hydrogens is 378 g/mol. The molecule has 0 unspecified atom stereocenters. The lowest BCUT2D eigenvalue weighted by Crippen LogP contribution is -2.44. The second-order valence-corrected chi connectivity index (χ2v) is 7.74. The molecule has 0 fully saturated rings. The molecule has 1 aromatic heterocycles. The minimum atomic E-state index is -0.688. The first-order valence-corrected chi connectivity index (χ1v) is 10.4. The highest BCUT2D eigenvalue weighted by Gasteiger charge is 2.20. The summed E-state index contributed by atoms with van der Waals surface area (Å²) < 4.78 is 5.84. The molecule has 0 saturated heterocycles. The van der Waals surface area contributed by atoms with Crippen molar-refractivity contribution in [3.8, 4) is 5.75 Å². The average molecular weight is 405 g/mol. The number of hydrogen-bond acceptors (Lipinski definition) is 5. The zero-order valence-electron chi connectivity index (χ0n) is 17.1. The molecule has 2 aromatic carbocycles. The molecule has 0 bridgehead atoms. The molecule has 30 heavy (non-hydrogen) atoms. The predicted octanol–water partition coefficient (Wildman–Crippen LogP) is 2.54. The van der Waals surface area contributed by atoms with Crippen molar-refractivity contribution in [2.45, 2.75) is 32.1 Å². The summed E-state index contributed by atoms with van der Waals surface area (Å²) >= 11 is 0. The molecule has 156 valence electrons. The fourth-order valence-electron chi connectivity index (χ4n) is 3.85. The van der Waals surface area contributed by atoms with Gasteiger partial charge in [-0.1, -0.05) is 42.5 Å². The van der Waals surface area contributed by atoms with Gasteiger partial charge in [0.25, 0.3) is 5.91 Å². The molecule has 0 saturated carbocycles. The van der Waals surface area contributed by atoms with E-state index in [1.165, 1.54) is 11.1 Å². The highest BCUT2D eigenvalue weighted by molar-refractivity contribution is 5.85. The topological polar surface area (TPSA) is 74.7 Å². The first-order valence-electron chi connectivity index (χ1n) is 10.4. The highest BCUT2D eigenvalue weighted by atomic mass is 16.5. The number of hydrogen-bond donors (Lipinski definition) is 2. The number of nitrogens with zero attached hydrogens (tertiary/aromatic N) is 2. The number of pyridine rings is 1. The zero-order valence-corrected chi connectivity index (χ0v) is 17.1. The Balaban J connectivity index is 1.27. The molecule has 1 aliphatic heterocycles. The Hall–Kier alpha value is -2.96. The first-order chi connectivity index (χ1) is 14.6. The second kappa shape index (κ2) is 9.24. The van der Waals surface area contributed by atoms with Crippen LogP contribution < -0.4 is 10.1 Å². The number of fused-ring (bicyclic) bond motifs is 2. The van der Waals surface area contributed by atoms with Crippen molar-refractivity contribution in [2.75, 3.05) is 19.6 Å². The SMILES string of the molecule is C[C@H](Oc1cccc2cccnc12)C(=O)NC[C@H](O)CN1CCc2ccccc2C1. The number of aliphatic hydroxyl groups excluding tert-OH is 1. The predicted molar refractivity (Wildman–Crippen MR) is 116 cm³/mol. The van der Waals surface area contributed by atoms with Crippen LogP contribution in [0.5, 0.6) is 5.75 Å². The summed E-state index contributed by atoms with van der Waals surface area (Å²) in [7, 11) is 0. The van der Waals surface area contributed by atoms with Gasteiger partial charge in [-0.05, 0) is 36.6 Å². The number of aliphatic hydroxyl groups is 1. The van der Waals surface area contributed by atoms with Gasteiger partial charge in [0, 0.05) is 37.8 Å². The normalized spacial score (nSPS) is 15.9. The van der Waals surface area contributed by atoms with Crippen LogP contribution in [-0.4, -0.2) is 52.7 Å². The smallest absolute Gasteiger partial charge is 0.260 e. The summed E-state index contributed by atoms with van der Waals surface area (Å²) in [5.41, 5.74) is 3.42. The number of nitrogens with one attached hydrogen (secondary N) is 1. The van der Waals surface area contributed by atoms with E-state index in [9.17, 15) is 9.90 Å². The largest absolute Gasteiger partial charge is 0.479 e. The Morgan fingerprint density at radius 3 is 2.83 bits per heavy atom. The van der Waals surface area contributed by atoms with Crippen LogP contribution in [-0.2, 0) is 17.8 Å². The third kappa shape index (κ3) is 4.78. The Labute approximate surface area is 176 Å². The summed E-state index contributed by atoms with van der Waals surface area (Å²) in [5.74, 6) is 0.314. The van der Waals surface area contributed by atoms with E-state index in [0.717, 1.165) is 30.4 Å². The van der Waals surface area contributed by atoms with Gasteiger partial charge >= 0.3 is 0 Å². The molecule has 0 spiro atoms. The standard InChI is InChI=1S/C24H27N3O3/c1-17(30-22-10-4-8-19-9-5-12-25-23(19)22)24(29)26-14-21(28)16-27-13-11-18-6-2-3-7-20(18)15-27/h2-10,12,17,21,28H,11,13-16H2,1H3,(H,26,29)/t17-,21-/m0/s1. The molecule has 6 heteroatoms. The van der Waals surface area contributed by atoms with Gasteiger partial charge in [0.2, 0.25) is 0 Å². The maximum absolute atomic E-state index is 12.5. The lowest BCUT2D eigenvalue weighted by molar-refractivity contribution is -0.127. The third-order valence-electron chi connectivity index (χ3n) is 5.46. The Morgan fingerprint density at radius 2 is 1.97 bits per heavy atom. The van der Waals surface area contributed by atoms with E-state index >= 15 is 0 Å². The van der Waals surface area contributed by atoms with Crippen molar-refractivity contribution in [2.24, 2.45) is 0 Å². The van der Waals surface area contributed by atoms with Gasteiger partial charge < -0.3 is 15.2 Å². The Morgan fingerprint density at radius 1 is 1.17 bits per heavy atom. The third-order valence-corrected chi connectivity index (χ3v) is 5.46. The lowest BCUT2D eigenvalue weighted by Gasteiger charge is -2.30. The van der Waals surface area contributed by atoms with Crippen LogP contribution in [0.3, 0.4) is 0 Å². The summed E-state index contributed by atoms with van der Waals surface area (Å²) in [6, 6.07) is 17.9. The number of amides is 1. The molecule has 1 aliphatic rings. The maximum atomic E-state index is 12.5. The fraction of sp³-hybridized carbons (Fsp3) is 0.333. The number of β-amino-alcohol motifs (C(OH)–C–C–N with tert-alkyl or cyclic N) is 1. The summed E-state index contributed by atoms with van der Waals surface area (Å²) in [5, 5.41) is 14.2. The van der Waals surface area contributed by atoms with E-state index < -0.39 is 12.2 Å². The number of benzene rings is 2. The van der Waals surface area contributed by atoms with Gasteiger partial charge in [-0.25, -0.2) is 0 Å². The Kier molecular flexibility index (Phi) is 6.26. The van der Waals surface area contributed by atoms with Crippen molar-refractivity contribution >= 4 is 16.8 Å². The fourth-order valence-corrected chi connectivity index (χ4v) is 3.85. The molecule has 2 heterocycles. The van der Waals surface area contributed by atoms with E-state index in [1.807, 2.05) is 36.4 Å². The van der Waals surface area contributed by atoms with Crippen LogP contribution >= 0.6 is 0 Å². The average Bonchev–Trinajstić information content (AvgIpc) is 2.77. The van der Waals surface area contributed by atoms with Crippen LogP contribution in [0.1, 0.15) is 18.1 Å². The maximum Gasteiger partial charge on any atom is 0.260 e. The zero-order chi connectivity index (χ0) is 20.9. The molecule has 3 aromatic rings. The van der Waals surface area contributed by atoms with Crippen LogP contribution in [0, 0.1) is 0 Å². The quantitative estimate of drug-likeness (QED) is 0.632. The van der Waals surface area contributed by atoms with Gasteiger partial charge in [0.05, 0.1) is 6.10 Å². The molecule has 4 rings (SSSR count). The van der Waals surface area contributed by atoms with Gasteiger partial charge in [-0.3, -0.25) is 14.7 Å². The number of para-hydroxylation sites is 1. The van der Waals surface area contributed by atoms with Gasteiger partial charge in [0.1, 0.15) is 11.3 Å². The van der Waals surface area contributed by atoms with E-state index in [4.69, 9.17) is 4.74 Å². The van der Waals surface area contributed by atoms with E-state index in [0.29, 0.717) is 12.3 Å². The Bertz CT molecular complexity index is 1020. The number of carbonyl (C=O) groups is 1. The van der Waals surface area contributed by atoms with E-state index in [-0.39, 0.29) is 12.5 Å². The van der Waals surface area contributed by atoms with E-state index in [2.05, 4.69) is 33.4 Å².